The van der Waals surface area contributed by atoms with Crippen molar-refractivity contribution in [3.8, 4) is 23.3 Å². The highest BCUT2D eigenvalue weighted by Crippen LogP contribution is 2.28. The molecular weight excluding hydrogens is 404 g/mol. The monoisotopic (exact) mass is 428 g/mol. The molecule has 0 amide bonds. The topological polar surface area (TPSA) is 98.0 Å². The van der Waals surface area contributed by atoms with Crippen molar-refractivity contribution in [3.63, 3.8) is 0 Å². The Bertz CT molecular complexity index is 906. The lowest BCUT2D eigenvalue weighted by Crippen LogP contribution is -2.30. The molecule has 0 spiro atoms. The van der Waals surface area contributed by atoms with Crippen LogP contribution < -0.4 is 4.74 Å². The molecule has 0 radical (unpaired) electrons. The maximum atomic E-state index is 11.2. The van der Waals surface area contributed by atoms with Gasteiger partial charge in [-0.1, -0.05) is 18.5 Å². The number of pyridine rings is 1. The molecule has 1 atom stereocenters. The van der Waals surface area contributed by atoms with Crippen molar-refractivity contribution in [3.05, 3.63) is 35.2 Å². The Hall–Kier alpha value is -2.56. The lowest BCUT2D eigenvalue weighted by atomic mass is 9.94. The van der Waals surface area contributed by atoms with Crippen LogP contribution in [0.5, 0.6) is 5.88 Å². The molecule has 2 heterocycles. The number of carbonyl (C=O) groups excluding carboxylic acids is 1. The second-order valence-corrected chi connectivity index (χ2v) is 8.21. The SMILES string of the molecule is CC(=O)C[C@@H](C)COC1CCC(Oc2ncc(-c3ncc(Cl)cn3)cc2C#N)CC1. The van der Waals surface area contributed by atoms with Crippen molar-refractivity contribution in [2.75, 3.05) is 6.61 Å². The van der Waals surface area contributed by atoms with Crippen molar-refractivity contribution >= 4 is 17.4 Å². The summed E-state index contributed by atoms with van der Waals surface area (Å²) in [6, 6.07) is 3.82. The summed E-state index contributed by atoms with van der Waals surface area (Å²) in [5.74, 6) is 1.21. The van der Waals surface area contributed by atoms with Gasteiger partial charge in [0.15, 0.2) is 5.82 Å². The van der Waals surface area contributed by atoms with E-state index in [1.165, 1.54) is 12.4 Å². The number of carbonyl (C=O) groups is 1. The van der Waals surface area contributed by atoms with Gasteiger partial charge in [0, 0.05) is 37.2 Å². The molecule has 1 saturated carbocycles. The summed E-state index contributed by atoms with van der Waals surface area (Å²) >= 11 is 5.82. The summed E-state index contributed by atoms with van der Waals surface area (Å²) < 4.78 is 12.0. The molecule has 0 aromatic carbocycles. The van der Waals surface area contributed by atoms with E-state index in [4.69, 9.17) is 21.1 Å². The van der Waals surface area contributed by atoms with Gasteiger partial charge in [-0.25, -0.2) is 15.0 Å². The quantitative estimate of drug-likeness (QED) is 0.614. The van der Waals surface area contributed by atoms with Gasteiger partial charge in [0.05, 0.1) is 11.1 Å². The zero-order valence-corrected chi connectivity index (χ0v) is 17.9. The number of nitriles is 1. The predicted molar refractivity (Wildman–Crippen MR) is 112 cm³/mol. The Kier molecular flexibility index (Phi) is 7.72. The molecule has 0 saturated heterocycles. The maximum absolute atomic E-state index is 11.2. The van der Waals surface area contributed by atoms with Gasteiger partial charge in [-0.3, -0.25) is 0 Å². The Labute approximate surface area is 181 Å². The summed E-state index contributed by atoms with van der Waals surface area (Å²) in [6.45, 7) is 4.24. The molecular formula is C22H25ClN4O3. The van der Waals surface area contributed by atoms with Crippen LogP contribution in [0.15, 0.2) is 24.7 Å². The fourth-order valence-corrected chi connectivity index (χ4v) is 3.63. The number of halogens is 1. The molecule has 0 aliphatic heterocycles. The van der Waals surface area contributed by atoms with Gasteiger partial charge >= 0.3 is 0 Å². The zero-order valence-electron chi connectivity index (χ0n) is 17.2. The van der Waals surface area contributed by atoms with Crippen LogP contribution in [0.25, 0.3) is 11.4 Å². The Morgan fingerprint density at radius 1 is 1.20 bits per heavy atom. The molecule has 7 nitrogen and oxygen atoms in total. The van der Waals surface area contributed by atoms with Crippen LogP contribution in [0.1, 0.15) is 51.5 Å². The van der Waals surface area contributed by atoms with E-state index in [1.54, 1.807) is 19.2 Å². The summed E-state index contributed by atoms with van der Waals surface area (Å²) in [7, 11) is 0. The molecule has 2 aromatic rings. The van der Waals surface area contributed by atoms with Gasteiger partial charge in [-0.2, -0.15) is 5.26 Å². The normalized spacial score (nSPS) is 19.7. The molecule has 0 unspecified atom stereocenters. The van der Waals surface area contributed by atoms with Crippen LogP contribution >= 0.6 is 11.6 Å². The van der Waals surface area contributed by atoms with Crippen molar-refractivity contribution in [1.29, 1.82) is 5.26 Å². The second kappa shape index (κ2) is 10.5. The van der Waals surface area contributed by atoms with Crippen LogP contribution in [-0.4, -0.2) is 39.5 Å². The third kappa shape index (κ3) is 6.22. The van der Waals surface area contributed by atoms with Gasteiger partial charge in [-0.05, 0) is 44.6 Å². The van der Waals surface area contributed by atoms with E-state index in [-0.39, 0.29) is 23.9 Å². The number of ether oxygens (including phenoxy) is 2. The molecule has 0 N–H and O–H groups in total. The van der Waals surface area contributed by atoms with E-state index in [1.807, 2.05) is 6.92 Å². The van der Waals surface area contributed by atoms with Crippen molar-refractivity contribution < 1.29 is 14.3 Å². The molecule has 1 aliphatic carbocycles. The number of hydrogen-bond donors (Lipinski definition) is 0. The zero-order chi connectivity index (χ0) is 21.5. The third-order valence-electron chi connectivity index (χ3n) is 5.00. The average molecular weight is 429 g/mol. The molecule has 3 rings (SSSR count). The average Bonchev–Trinajstić information content (AvgIpc) is 2.73. The molecule has 8 heteroatoms. The van der Waals surface area contributed by atoms with Crippen molar-refractivity contribution in [2.45, 2.75) is 58.2 Å². The van der Waals surface area contributed by atoms with E-state index in [2.05, 4.69) is 21.0 Å². The van der Waals surface area contributed by atoms with Gasteiger partial charge < -0.3 is 14.3 Å². The molecule has 30 heavy (non-hydrogen) atoms. The Morgan fingerprint density at radius 2 is 1.87 bits per heavy atom. The summed E-state index contributed by atoms with van der Waals surface area (Å²) in [4.78, 5) is 23.8. The number of Topliss-reactive ketones (excluding diaryl/α,β-unsaturated/α-hetero) is 1. The molecule has 1 aliphatic rings. The van der Waals surface area contributed by atoms with Gasteiger partial charge in [-0.15, -0.1) is 0 Å². The Morgan fingerprint density at radius 3 is 2.50 bits per heavy atom. The van der Waals surface area contributed by atoms with Gasteiger partial charge in [0.2, 0.25) is 5.88 Å². The largest absolute Gasteiger partial charge is 0.473 e. The first kappa shape index (κ1) is 22.1. The lowest BCUT2D eigenvalue weighted by molar-refractivity contribution is -0.118. The van der Waals surface area contributed by atoms with Crippen molar-refractivity contribution in [1.82, 2.24) is 15.0 Å². The van der Waals surface area contributed by atoms with E-state index in [0.717, 1.165) is 25.7 Å². The number of nitrogens with zero attached hydrogens (tertiary/aromatic N) is 4. The van der Waals surface area contributed by atoms with Crippen LogP contribution in [0.3, 0.4) is 0 Å². The van der Waals surface area contributed by atoms with E-state index in [9.17, 15) is 10.1 Å². The van der Waals surface area contributed by atoms with E-state index < -0.39 is 0 Å². The second-order valence-electron chi connectivity index (χ2n) is 7.77. The maximum Gasteiger partial charge on any atom is 0.231 e. The standard InChI is InChI=1S/C22H25ClN4O3/c1-14(7-15(2)28)13-29-19-3-5-20(6-4-19)30-22-16(9-24)8-17(10-27-22)21-25-11-18(23)12-26-21/h8,10-12,14,19-20H,3-7,13H2,1-2H3/t14-,19?,20?/m1/s1. The minimum Gasteiger partial charge on any atom is -0.473 e. The molecule has 158 valence electrons. The molecule has 1 fully saturated rings. The third-order valence-corrected chi connectivity index (χ3v) is 5.20. The fourth-order valence-electron chi connectivity index (χ4n) is 3.53. The highest BCUT2D eigenvalue weighted by molar-refractivity contribution is 6.30. The first-order valence-corrected chi connectivity index (χ1v) is 10.5. The first-order chi connectivity index (χ1) is 14.4. The van der Waals surface area contributed by atoms with Gasteiger partial charge in [0.1, 0.15) is 23.5 Å². The van der Waals surface area contributed by atoms with Crippen LogP contribution in [-0.2, 0) is 9.53 Å². The number of hydrogen-bond acceptors (Lipinski definition) is 7. The summed E-state index contributed by atoms with van der Waals surface area (Å²) in [6.07, 6.45) is 8.78. The minimum atomic E-state index is -0.00303. The smallest absolute Gasteiger partial charge is 0.231 e. The molecule has 0 bridgehead atoms. The summed E-state index contributed by atoms with van der Waals surface area (Å²) in [5, 5.41) is 9.96. The number of ketones is 1. The van der Waals surface area contributed by atoms with Gasteiger partial charge in [0.25, 0.3) is 0 Å². The first-order valence-electron chi connectivity index (χ1n) is 10.1. The lowest BCUT2D eigenvalue weighted by Gasteiger charge is -2.29. The number of rotatable bonds is 8. The predicted octanol–water partition coefficient (Wildman–Crippen LogP) is 4.39. The Balaban J connectivity index is 1.54. The van der Waals surface area contributed by atoms with Crippen LogP contribution in [0.4, 0.5) is 0 Å². The van der Waals surface area contributed by atoms with Crippen LogP contribution in [0, 0.1) is 17.2 Å². The minimum absolute atomic E-state index is 0.00303. The fraction of sp³-hybridized carbons (Fsp3) is 0.500. The highest BCUT2D eigenvalue weighted by atomic mass is 35.5. The van der Waals surface area contributed by atoms with Crippen molar-refractivity contribution in [2.24, 2.45) is 5.92 Å². The summed E-state index contributed by atoms with van der Waals surface area (Å²) in [5.41, 5.74) is 0.981. The van der Waals surface area contributed by atoms with Crippen LogP contribution in [0.2, 0.25) is 5.02 Å². The molecule has 2 aromatic heterocycles. The van der Waals surface area contributed by atoms with E-state index >= 15 is 0 Å². The highest BCUT2D eigenvalue weighted by Gasteiger charge is 2.25. The number of aromatic nitrogens is 3. The van der Waals surface area contributed by atoms with E-state index in [0.29, 0.717) is 40.9 Å².